The maximum Gasteiger partial charge on any atom is 0.249 e. The van der Waals surface area contributed by atoms with E-state index in [2.05, 4.69) is 31.3 Å². The van der Waals surface area contributed by atoms with Crippen molar-refractivity contribution in [3.8, 4) is 0 Å². The number of unbranched alkanes of at least 4 members (excludes halogenated alkanes) is 25. The number of aliphatic hydroxyl groups is 7. The van der Waals surface area contributed by atoms with E-state index in [-0.39, 0.29) is 6.42 Å². The van der Waals surface area contributed by atoms with E-state index in [9.17, 15) is 40.5 Å². The van der Waals surface area contributed by atoms with Gasteiger partial charge in [-0.3, -0.25) is 4.79 Å². The molecule has 0 unspecified atom stereocenters. The van der Waals surface area contributed by atoms with E-state index in [4.69, 9.17) is 9.47 Å². The number of nitrogens with one attached hydrogen (secondary N) is 1. The highest BCUT2D eigenvalue weighted by Crippen LogP contribution is 2.23. The Balaban J connectivity index is 2.44. The highest BCUT2D eigenvalue weighted by Gasteiger charge is 2.44. The van der Waals surface area contributed by atoms with Gasteiger partial charge in [-0.15, -0.1) is 0 Å². The summed E-state index contributed by atoms with van der Waals surface area (Å²) < 4.78 is 11.1. The second-order valence-electron chi connectivity index (χ2n) is 16.8. The molecule has 11 nitrogen and oxygen atoms in total. The molecular formula is C46H89NO10. The van der Waals surface area contributed by atoms with E-state index in [1.807, 2.05) is 0 Å². The van der Waals surface area contributed by atoms with Crippen LogP contribution in [-0.2, 0) is 14.3 Å². The van der Waals surface area contributed by atoms with Crippen LogP contribution in [0.5, 0.6) is 0 Å². The van der Waals surface area contributed by atoms with Crippen LogP contribution in [0.3, 0.4) is 0 Å². The van der Waals surface area contributed by atoms with Crippen LogP contribution in [0.2, 0.25) is 0 Å². The lowest BCUT2D eigenvalue weighted by Gasteiger charge is -2.40. The second kappa shape index (κ2) is 36.7. The first-order valence-electron chi connectivity index (χ1n) is 23.6. The average Bonchev–Trinajstić information content (AvgIpc) is 3.21. The van der Waals surface area contributed by atoms with Crippen molar-refractivity contribution in [3.05, 3.63) is 12.2 Å². The van der Waals surface area contributed by atoms with Crippen LogP contribution in [-0.4, -0.2) is 110 Å². The zero-order chi connectivity index (χ0) is 41.9. The first-order chi connectivity index (χ1) is 27.7. The predicted octanol–water partition coefficient (Wildman–Crippen LogP) is 7.67. The first-order valence-corrected chi connectivity index (χ1v) is 23.6. The molecule has 0 aliphatic carbocycles. The van der Waals surface area contributed by atoms with Gasteiger partial charge in [0, 0.05) is 0 Å². The molecular weight excluding hydrogens is 727 g/mol. The molecule has 1 aliphatic heterocycles. The minimum atomic E-state index is -1.66. The molecule has 0 spiro atoms. The first kappa shape index (κ1) is 53.9. The van der Waals surface area contributed by atoms with Crippen molar-refractivity contribution in [2.24, 2.45) is 0 Å². The molecule has 11 heteroatoms. The maximum absolute atomic E-state index is 13.1. The van der Waals surface area contributed by atoms with Gasteiger partial charge in [0.25, 0.3) is 0 Å². The van der Waals surface area contributed by atoms with Crippen molar-refractivity contribution >= 4 is 5.91 Å². The smallest absolute Gasteiger partial charge is 0.249 e. The minimum Gasteiger partial charge on any atom is -0.394 e. The molecule has 338 valence electrons. The van der Waals surface area contributed by atoms with Crippen LogP contribution < -0.4 is 5.32 Å². The van der Waals surface area contributed by atoms with E-state index in [0.29, 0.717) is 19.3 Å². The summed E-state index contributed by atoms with van der Waals surface area (Å²) in [5, 5.41) is 75.7. The van der Waals surface area contributed by atoms with Gasteiger partial charge in [-0.05, 0) is 32.1 Å². The Bertz CT molecular complexity index is 939. The Hall–Kier alpha value is -1.15. The van der Waals surface area contributed by atoms with E-state index in [0.717, 1.165) is 44.9 Å². The topological polar surface area (TPSA) is 189 Å². The maximum atomic E-state index is 13.1. The van der Waals surface area contributed by atoms with E-state index >= 15 is 0 Å². The summed E-state index contributed by atoms with van der Waals surface area (Å²) in [5.41, 5.74) is 0. The third kappa shape index (κ3) is 26.6. The average molecular weight is 816 g/mol. The minimum absolute atomic E-state index is 0.263. The highest BCUT2D eigenvalue weighted by molar-refractivity contribution is 5.80. The van der Waals surface area contributed by atoms with Crippen LogP contribution in [0.1, 0.15) is 206 Å². The number of rotatable bonds is 39. The number of amides is 1. The molecule has 0 aromatic heterocycles. The molecule has 1 rings (SSSR count). The van der Waals surface area contributed by atoms with E-state index < -0.39 is 74.2 Å². The Morgan fingerprint density at radius 3 is 1.54 bits per heavy atom. The largest absolute Gasteiger partial charge is 0.394 e. The summed E-state index contributed by atoms with van der Waals surface area (Å²) in [6.45, 7) is 3.39. The monoisotopic (exact) mass is 816 g/mol. The standard InChI is InChI=1S/C46H89NO10/c1-3-5-7-9-11-13-15-17-19-20-22-24-26-28-30-32-34-39(50)45(55)47-37(36-56-46-44(54)43(53)42(52)40(35-48)57-46)41(51)38(49)33-31-29-27-25-23-21-18-16-14-12-10-8-6-4-2/h8,10,37-44,46,48-54H,3-7,9,11-36H2,1-2H3,(H,47,55)/t37-,38+,39+,40+,41-,42+,43-,44+,46+/m0/s1. The molecule has 1 fully saturated rings. The lowest BCUT2D eigenvalue weighted by molar-refractivity contribution is -0.303. The van der Waals surface area contributed by atoms with E-state index in [1.165, 1.54) is 122 Å². The zero-order valence-corrected chi connectivity index (χ0v) is 36.3. The van der Waals surface area contributed by atoms with Crippen LogP contribution in [0.4, 0.5) is 0 Å². The van der Waals surface area contributed by atoms with Gasteiger partial charge >= 0.3 is 0 Å². The zero-order valence-electron chi connectivity index (χ0n) is 36.3. The van der Waals surface area contributed by atoms with Gasteiger partial charge < -0.3 is 50.5 Å². The fourth-order valence-electron chi connectivity index (χ4n) is 7.62. The summed E-state index contributed by atoms with van der Waals surface area (Å²) in [4.78, 5) is 13.1. The molecule has 1 saturated heterocycles. The van der Waals surface area contributed by atoms with Gasteiger partial charge in [0.05, 0.1) is 25.4 Å². The second-order valence-corrected chi connectivity index (χ2v) is 16.8. The van der Waals surface area contributed by atoms with Gasteiger partial charge in [-0.1, -0.05) is 187 Å². The summed E-state index contributed by atoms with van der Waals surface area (Å²) >= 11 is 0. The Morgan fingerprint density at radius 2 is 1.05 bits per heavy atom. The molecule has 57 heavy (non-hydrogen) atoms. The van der Waals surface area contributed by atoms with Crippen molar-refractivity contribution in [1.29, 1.82) is 0 Å². The van der Waals surface area contributed by atoms with Gasteiger partial charge in [0.15, 0.2) is 6.29 Å². The van der Waals surface area contributed by atoms with Crippen LogP contribution >= 0.6 is 0 Å². The number of hydrogen-bond acceptors (Lipinski definition) is 10. The van der Waals surface area contributed by atoms with Gasteiger partial charge in [0.2, 0.25) is 5.91 Å². The fourth-order valence-corrected chi connectivity index (χ4v) is 7.62. The Morgan fingerprint density at radius 1 is 0.596 bits per heavy atom. The number of carbonyl (C=O) groups excluding carboxylic acids is 1. The highest BCUT2D eigenvalue weighted by atomic mass is 16.7. The molecule has 1 aliphatic rings. The molecule has 0 saturated carbocycles. The van der Waals surface area contributed by atoms with Crippen LogP contribution in [0.25, 0.3) is 0 Å². The number of aliphatic hydroxyl groups excluding tert-OH is 7. The summed E-state index contributed by atoms with van der Waals surface area (Å²) in [7, 11) is 0. The Labute approximate surface area is 347 Å². The normalized spacial score (nSPS) is 22.2. The van der Waals surface area contributed by atoms with Crippen molar-refractivity contribution in [2.75, 3.05) is 13.2 Å². The number of allylic oxidation sites excluding steroid dienone is 2. The summed E-state index contributed by atoms with van der Waals surface area (Å²) in [5.74, 6) is -0.697. The van der Waals surface area contributed by atoms with E-state index in [1.54, 1.807) is 0 Å². The van der Waals surface area contributed by atoms with Gasteiger partial charge in [0.1, 0.15) is 36.6 Å². The van der Waals surface area contributed by atoms with Crippen molar-refractivity contribution in [1.82, 2.24) is 5.32 Å². The van der Waals surface area contributed by atoms with Crippen LogP contribution in [0.15, 0.2) is 12.2 Å². The fraction of sp³-hybridized carbons (Fsp3) is 0.935. The van der Waals surface area contributed by atoms with Crippen LogP contribution in [0, 0.1) is 0 Å². The number of carbonyl (C=O) groups is 1. The predicted molar refractivity (Wildman–Crippen MR) is 229 cm³/mol. The molecule has 9 atom stereocenters. The third-order valence-electron chi connectivity index (χ3n) is 11.5. The molecule has 0 radical (unpaired) electrons. The van der Waals surface area contributed by atoms with Crippen molar-refractivity contribution < 1.29 is 50.0 Å². The summed E-state index contributed by atoms with van der Waals surface area (Å²) in [6, 6.07) is -1.16. The summed E-state index contributed by atoms with van der Waals surface area (Å²) in [6.07, 6.45) is 26.8. The molecule has 1 amide bonds. The third-order valence-corrected chi connectivity index (χ3v) is 11.5. The number of ether oxygens (including phenoxy) is 2. The van der Waals surface area contributed by atoms with Crippen molar-refractivity contribution in [2.45, 2.75) is 262 Å². The van der Waals surface area contributed by atoms with Gasteiger partial charge in [-0.2, -0.15) is 0 Å². The lowest BCUT2D eigenvalue weighted by Crippen LogP contribution is -2.60. The lowest BCUT2D eigenvalue weighted by atomic mass is 9.98. The molecule has 8 N–H and O–H groups in total. The SMILES string of the molecule is CCCC=CCCCCCCCCCCC[C@@H](O)[C@@H](O)[C@H](CO[C@@H]1O[C@H](CO)[C@@H](O)[C@H](O)[C@H]1O)NC(=O)[C@H](O)CCCCCCCCCCCCCCCCCC. The molecule has 0 aromatic rings. The number of hydrogen-bond donors (Lipinski definition) is 8. The molecule has 1 heterocycles. The Kier molecular flexibility index (Phi) is 34.7. The quantitative estimate of drug-likeness (QED) is 0.0226. The molecule has 0 aromatic carbocycles. The van der Waals surface area contributed by atoms with Crippen molar-refractivity contribution in [3.63, 3.8) is 0 Å². The molecule has 0 bridgehead atoms. The van der Waals surface area contributed by atoms with Gasteiger partial charge in [-0.25, -0.2) is 0 Å².